The predicted molar refractivity (Wildman–Crippen MR) is 115 cm³/mol. The molecule has 2 aromatic rings. The number of carbonyl (C=O) groups is 1. The van der Waals surface area contributed by atoms with E-state index in [4.69, 9.17) is 0 Å². The van der Waals surface area contributed by atoms with Crippen molar-refractivity contribution in [3.63, 3.8) is 0 Å². The minimum atomic E-state index is -3.43. The van der Waals surface area contributed by atoms with Crippen LogP contribution in [0.5, 0.6) is 0 Å². The average Bonchev–Trinajstić information content (AvgIpc) is 3.21. The fourth-order valence-electron chi connectivity index (χ4n) is 4.28. The molecule has 4 rings (SSSR count). The Balaban J connectivity index is 1.28. The van der Waals surface area contributed by atoms with Crippen LogP contribution in [0.15, 0.2) is 53.4 Å². The Bertz CT molecular complexity index is 965. The summed E-state index contributed by atoms with van der Waals surface area (Å²) < 4.78 is 25.4. The lowest BCUT2D eigenvalue weighted by Crippen LogP contribution is -2.42. The van der Waals surface area contributed by atoms with Gasteiger partial charge in [-0.2, -0.15) is 0 Å². The Morgan fingerprint density at radius 1 is 1.00 bits per heavy atom. The van der Waals surface area contributed by atoms with E-state index >= 15 is 0 Å². The SMILES string of the molecule is O=C(CCS(=O)(=O)c1ccc2c(c1)CCC2)N1CCC(Nc2ccccc2)CC1. The maximum atomic E-state index is 12.7. The fourth-order valence-corrected chi connectivity index (χ4v) is 5.56. The van der Waals surface area contributed by atoms with Crippen LogP contribution in [0.3, 0.4) is 0 Å². The summed E-state index contributed by atoms with van der Waals surface area (Å²) in [4.78, 5) is 14.7. The van der Waals surface area contributed by atoms with Crippen LogP contribution in [0.4, 0.5) is 5.69 Å². The molecule has 1 saturated heterocycles. The molecule has 1 N–H and O–H groups in total. The molecule has 5 nitrogen and oxygen atoms in total. The Morgan fingerprint density at radius 3 is 2.48 bits per heavy atom. The maximum Gasteiger partial charge on any atom is 0.223 e. The molecule has 29 heavy (non-hydrogen) atoms. The Hall–Kier alpha value is -2.34. The molecule has 1 aliphatic heterocycles. The summed E-state index contributed by atoms with van der Waals surface area (Å²) in [6, 6.07) is 15.9. The van der Waals surface area contributed by atoms with Gasteiger partial charge in [0, 0.05) is 31.2 Å². The van der Waals surface area contributed by atoms with E-state index < -0.39 is 9.84 Å². The first-order valence-corrected chi connectivity index (χ1v) is 12.1. The van der Waals surface area contributed by atoms with Gasteiger partial charge in [-0.15, -0.1) is 0 Å². The number of aryl methyl sites for hydroxylation is 2. The van der Waals surface area contributed by atoms with Gasteiger partial charge in [-0.05, 0) is 67.5 Å². The van der Waals surface area contributed by atoms with E-state index in [9.17, 15) is 13.2 Å². The van der Waals surface area contributed by atoms with Crippen LogP contribution < -0.4 is 5.32 Å². The first-order valence-electron chi connectivity index (χ1n) is 10.5. The molecule has 154 valence electrons. The number of fused-ring (bicyclic) bond motifs is 1. The molecule has 1 aliphatic carbocycles. The lowest BCUT2D eigenvalue weighted by molar-refractivity contribution is -0.131. The number of piperidine rings is 1. The number of likely N-dealkylation sites (tertiary alicyclic amines) is 1. The molecule has 0 spiro atoms. The third-order valence-corrected chi connectivity index (χ3v) is 7.72. The van der Waals surface area contributed by atoms with Gasteiger partial charge in [0.1, 0.15) is 0 Å². The van der Waals surface area contributed by atoms with E-state index in [1.54, 1.807) is 11.0 Å². The molecule has 0 atom stereocenters. The first kappa shape index (κ1) is 20.0. The normalized spacial score (nSPS) is 17.2. The van der Waals surface area contributed by atoms with Crippen molar-refractivity contribution in [2.24, 2.45) is 0 Å². The second-order valence-corrected chi connectivity index (χ2v) is 10.1. The highest BCUT2D eigenvalue weighted by Gasteiger charge is 2.25. The quantitative estimate of drug-likeness (QED) is 0.789. The van der Waals surface area contributed by atoms with Gasteiger partial charge in [0.15, 0.2) is 9.84 Å². The van der Waals surface area contributed by atoms with Gasteiger partial charge in [-0.1, -0.05) is 24.3 Å². The summed E-state index contributed by atoms with van der Waals surface area (Å²) in [5, 5.41) is 3.50. The lowest BCUT2D eigenvalue weighted by atomic mass is 10.0. The van der Waals surface area contributed by atoms with Gasteiger partial charge in [-0.3, -0.25) is 4.79 Å². The molecule has 1 heterocycles. The molecule has 0 bridgehead atoms. The fraction of sp³-hybridized carbons (Fsp3) is 0.435. The number of nitrogens with zero attached hydrogens (tertiary/aromatic N) is 1. The summed E-state index contributed by atoms with van der Waals surface area (Å²) >= 11 is 0. The number of para-hydroxylation sites is 1. The number of hydrogen-bond acceptors (Lipinski definition) is 4. The van der Waals surface area contributed by atoms with Crippen LogP contribution in [0.1, 0.15) is 36.8 Å². The molecule has 1 amide bonds. The highest BCUT2D eigenvalue weighted by Crippen LogP contribution is 2.25. The molecule has 0 unspecified atom stereocenters. The van der Waals surface area contributed by atoms with Crippen molar-refractivity contribution in [2.45, 2.75) is 49.5 Å². The second-order valence-electron chi connectivity index (χ2n) is 8.02. The molecular weight excluding hydrogens is 384 g/mol. The second kappa shape index (κ2) is 8.57. The van der Waals surface area contributed by atoms with E-state index in [0.717, 1.165) is 43.4 Å². The van der Waals surface area contributed by atoms with Crippen molar-refractivity contribution < 1.29 is 13.2 Å². The van der Waals surface area contributed by atoms with E-state index in [0.29, 0.717) is 24.0 Å². The largest absolute Gasteiger partial charge is 0.382 e. The highest BCUT2D eigenvalue weighted by molar-refractivity contribution is 7.91. The van der Waals surface area contributed by atoms with Crippen molar-refractivity contribution in [3.05, 3.63) is 59.7 Å². The van der Waals surface area contributed by atoms with Crippen molar-refractivity contribution in [3.8, 4) is 0 Å². The Labute approximate surface area is 173 Å². The summed E-state index contributed by atoms with van der Waals surface area (Å²) in [7, 11) is -3.43. The zero-order chi connectivity index (χ0) is 20.3. The Morgan fingerprint density at radius 2 is 1.72 bits per heavy atom. The number of carbonyl (C=O) groups excluding carboxylic acids is 1. The van der Waals surface area contributed by atoms with Crippen molar-refractivity contribution in [1.29, 1.82) is 0 Å². The third kappa shape index (κ3) is 4.81. The monoisotopic (exact) mass is 412 g/mol. The summed E-state index contributed by atoms with van der Waals surface area (Å²) in [6.45, 7) is 1.34. The van der Waals surface area contributed by atoms with Crippen molar-refractivity contribution >= 4 is 21.4 Å². The first-order chi connectivity index (χ1) is 14.0. The smallest absolute Gasteiger partial charge is 0.223 e. The van der Waals surface area contributed by atoms with Gasteiger partial charge in [-0.25, -0.2) is 8.42 Å². The number of nitrogens with one attached hydrogen (secondary N) is 1. The molecule has 0 saturated carbocycles. The van der Waals surface area contributed by atoms with Crippen molar-refractivity contribution in [1.82, 2.24) is 4.90 Å². The van der Waals surface area contributed by atoms with Gasteiger partial charge in [0.25, 0.3) is 0 Å². The molecule has 2 aromatic carbocycles. The van der Waals surface area contributed by atoms with Crippen LogP contribution in [0, 0.1) is 0 Å². The minimum absolute atomic E-state index is 0.0518. The number of benzene rings is 2. The van der Waals surface area contributed by atoms with Crippen LogP contribution in [-0.2, 0) is 27.5 Å². The lowest BCUT2D eigenvalue weighted by Gasteiger charge is -2.33. The van der Waals surface area contributed by atoms with E-state index in [2.05, 4.69) is 5.32 Å². The third-order valence-electron chi connectivity index (χ3n) is 6.01. The summed E-state index contributed by atoms with van der Waals surface area (Å²) in [5.74, 6) is -0.180. The van der Waals surface area contributed by atoms with Gasteiger partial charge in [0.2, 0.25) is 5.91 Å². The van der Waals surface area contributed by atoms with Gasteiger partial charge >= 0.3 is 0 Å². The molecule has 1 fully saturated rings. The molecule has 0 radical (unpaired) electrons. The number of anilines is 1. The zero-order valence-corrected chi connectivity index (χ0v) is 17.5. The van der Waals surface area contributed by atoms with E-state index in [1.807, 2.05) is 42.5 Å². The highest BCUT2D eigenvalue weighted by atomic mass is 32.2. The molecule has 2 aliphatic rings. The van der Waals surface area contributed by atoms with Crippen LogP contribution >= 0.6 is 0 Å². The molecular formula is C23H28N2O3S. The maximum absolute atomic E-state index is 12.7. The van der Waals surface area contributed by atoms with Gasteiger partial charge < -0.3 is 10.2 Å². The van der Waals surface area contributed by atoms with Crippen molar-refractivity contribution in [2.75, 3.05) is 24.2 Å². The Kier molecular flexibility index (Phi) is 5.90. The number of rotatable bonds is 6. The average molecular weight is 413 g/mol. The molecule has 6 heteroatoms. The minimum Gasteiger partial charge on any atom is -0.382 e. The van der Waals surface area contributed by atoms with Crippen LogP contribution in [0.25, 0.3) is 0 Å². The standard InChI is InChI=1S/C23H28N2O3S/c26-23(25-14-11-21(12-15-25)24-20-7-2-1-3-8-20)13-16-29(27,28)22-10-9-18-5-4-6-19(18)17-22/h1-3,7-10,17,21,24H,4-6,11-16H2. The summed E-state index contributed by atoms with van der Waals surface area (Å²) in [5.41, 5.74) is 3.50. The number of hydrogen-bond donors (Lipinski definition) is 1. The molecule has 0 aromatic heterocycles. The van der Waals surface area contributed by atoms with Gasteiger partial charge in [0.05, 0.1) is 10.6 Å². The predicted octanol–water partition coefficient (Wildman–Crippen LogP) is 3.44. The zero-order valence-electron chi connectivity index (χ0n) is 16.6. The van der Waals surface area contributed by atoms with Crippen LogP contribution in [-0.4, -0.2) is 44.1 Å². The van der Waals surface area contributed by atoms with Crippen LogP contribution in [0.2, 0.25) is 0 Å². The number of sulfone groups is 1. The number of amides is 1. The summed E-state index contributed by atoms with van der Waals surface area (Å²) in [6.07, 6.45) is 4.87. The van der Waals surface area contributed by atoms with E-state index in [-0.39, 0.29) is 18.1 Å². The topological polar surface area (TPSA) is 66.5 Å². The van der Waals surface area contributed by atoms with E-state index in [1.165, 1.54) is 5.56 Å².